The van der Waals surface area contributed by atoms with Gasteiger partial charge < -0.3 is 15.2 Å². The Balaban J connectivity index is 1.75. The van der Waals surface area contributed by atoms with Crippen LogP contribution in [-0.4, -0.2) is 33.5 Å². The van der Waals surface area contributed by atoms with E-state index in [1.165, 1.54) is 12.8 Å². The zero-order valence-electron chi connectivity index (χ0n) is 22.0. The van der Waals surface area contributed by atoms with Crippen molar-refractivity contribution in [1.82, 2.24) is 14.5 Å². The van der Waals surface area contributed by atoms with Crippen LogP contribution in [0.1, 0.15) is 78.1 Å². The second-order valence-corrected chi connectivity index (χ2v) is 10.7. The Labute approximate surface area is 215 Å². The molecule has 2 N–H and O–H groups in total. The normalized spacial score (nSPS) is 17.9. The molecule has 2 fully saturated rings. The summed E-state index contributed by atoms with van der Waals surface area (Å²) in [5.41, 5.74) is 8.65. The lowest BCUT2D eigenvalue weighted by atomic mass is 9.63. The maximum Gasteiger partial charge on any atom is 0.244 e. The molecule has 1 aromatic carbocycles. The van der Waals surface area contributed by atoms with Gasteiger partial charge in [-0.1, -0.05) is 50.7 Å². The summed E-state index contributed by atoms with van der Waals surface area (Å²) in [5.74, 6) is 2.06. The monoisotopic (exact) mass is 487 g/mol. The van der Waals surface area contributed by atoms with Crippen LogP contribution in [0, 0.1) is 11.8 Å². The van der Waals surface area contributed by atoms with E-state index in [0.29, 0.717) is 0 Å². The smallest absolute Gasteiger partial charge is 0.244 e. The molecule has 2 aromatic heterocycles. The van der Waals surface area contributed by atoms with Crippen LogP contribution in [0.5, 0.6) is 0 Å². The number of hydrogen-bond donors (Lipinski definition) is 1. The molecule has 0 spiro atoms. The number of amides is 1. The first-order valence-electron chi connectivity index (χ1n) is 14.1. The molecule has 2 saturated carbocycles. The average molecular weight is 488 g/mol. The highest BCUT2D eigenvalue weighted by Gasteiger charge is 2.53. The SMILES string of the molecule is CCN(CC)c1ccc(-c2nc3ccccc3n2C(C(N)=O)(C2CCCCC2)C2CCCCC2)cn1. The molecule has 2 aliphatic carbocycles. The van der Waals surface area contributed by atoms with Crippen LogP contribution in [0.4, 0.5) is 5.82 Å². The second kappa shape index (κ2) is 10.6. The maximum atomic E-state index is 13.9. The minimum Gasteiger partial charge on any atom is -0.368 e. The fourth-order valence-electron chi connectivity index (χ4n) is 7.14. The number of anilines is 1. The predicted octanol–water partition coefficient (Wildman–Crippen LogP) is 6.29. The second-order valence-electron chi connectivity index (χ2n) is 10.7. The van der Waals surface area contributed by atoms with E-state index < -0.39 is 5.54 Å². The third-order valence-electron chi connectivity index (χ3n) is 8.87. The van der Waals surface area contributed by atoms with Crippen LogP contribution in [0.25, 0.3) is 22.4 Å². The van der Waals surface area contributed by atoms with E-state index in [0.717, 1.165) is 92.7 Å². The maximum absolute atomic E-state index is 13.9. The highest BCUT2D eigenvalue weighted by atomic mass is 16.1. The van der Waals surface area contributed by atoms with E-state index in [1.54, 1.807) is 0 Å². The number of benzene rings is 1. The number of para-hydroxylation sites is 2. The lowest BCUT2D eigenvalue weighted by Crippen LogP contribution is -2.58. The van der Waals surface area contributed by atoms with Crippen LogP contribution < -0.4 is 10.6 Å². The Morgan fingerprint density at radius 3 is 2.08 bits per heavy atom. The molecule has 2 aliphatic rings. The minimum atomic E-state index is -0.774. The highest BCUT2D eigenvalue weighted by Crippen LogP contribution is 2.50. The molecule has 0 bridgehead atoms. The minimum absolute atomic E-state index is 0.182. The van der Waals surface area contributed by atoms with Crippen molar-refractivity contribution < 1.29 is 4.79 Å². The number of imidazole rings is 1. The van der Waals surface area contributed by atoms with E-state index in [9.17, 15) is 4.79 Å². The summed E-state index contributed by atoms with van der Waals surface area (Å²) < 4.78 is 2.28. The van der Waals surface area contributed by atoms with Crippen molar-refractivity contribution in [3.05, 3.63) is 42.6 Å². The lowest BCUT2D eigenvalue weighted by molar-refractivity contribution is -0.135. The van der Waals surface area contributed by atoms with Gasteiger partial charge in [-0.3, -0.25) is 4.79 Å². The van der Waals surface area contributed by atoms with Crippen molar-refractivity contribution >= 4 is 22.8 Å². The molecule has 3 aromatic rings. The molecule has 36 heavy (non-hydrogen) atoms. The van der Waals surface area contributed by atoms with Gasteiger partial charge in [0.25, 0.3) is 0 Å². The number of nitrogens with two attached hydrogens (primary N) is 1. The molecule has 0 unspecified atom stereocenters. The molecule has 6 nitrogen and oxygen atoms in total. The van der Waals surface area contributed by atoms with Crippen molar-refractivity contribution in [1.29, 1.82) is 0 Å². The zero-order chi connectivity index (χ0) is 25.1. The van der Waals surface area contributed by atoms with Gasteiger partial charge in [0, 0.05) is 24.8 Å². The molecular formula is C30H41N5O. The highest BCUT2D eigenvalue weighted by molar-refractivity contribution is 5.89. The number of nitrogens with zero attached hydrogens (tertiary/aromatic N) is 4. The molecule has 0 aliphatic heterocycles. The third kappa shape index (κ3) is 4.18. The Hall–Kier alpha value is -2.89. The molecule has 6 heteroatoms. The van der Waals surface area contributed by atoms with Gasteiger partial charge in [0.05, 0.1) is 11.0 Å². The van der Waals surface area contributed by atoms with Crippen LogP contribution in [0.2, 0.25) is 0 Å². The number of carbonyl (C=O) groups excluding carboxylic acids is 1. The van der Waals surface area contributed by atoms with E-state index in [1.807, 2.05) is 12.3 Å². The summed E-state index contributed by atoms with van der Waals surface area (Å²) in [5, 5.41) is 0. The Morgan fingerprint density at radius 1 is 0.944 bits per heavy atom. The van der Waals surface area contributed by atoms with Gasteiger partial charge in [-0.05, 0) is 75.6 Å². The fraction of sp³-hybridized carbons (Fsp3) is 0.567. The number of aromatic nitrogens is 3. The third-order valence-corrected chi connectivity index (χ3v) is 8.87. The van der Waals surface area contributed by atoms with Gasteiger partial charge in [-0.15, -0.1) is 0 Å². The van der Waals surface area contributed by atoms with Gasteiger partial charge in [0.2, 0.25) is 5.91 Å². The number of hydrogen-bond acceptors (Lipinski definition) is 4. The summed E-state index contributed by atoms with van der Waals surface area (Å²) in [7, 11) is 0. The summed E-state index contributed by atoms with van der Waals surface area (Å²) in [6.45, 7) is 6.12. The van der Waals surface area contributed by atoms with Crippen molar-refractivity contribution in [2.45, 2.75) is 83.6 Å². The first-order chi connectivity index (χ1) is 17.6. The first kappa shape index (κ1) is 24.8. The number of fused-ring (bicyclic) bond motifs is 1. The number of rotatable bonds is 8. The van der Waals surface area contributed by atoms with Crippen LogP contribution in [-0.2, 0) is 10.3 Å². The Bertz CT molecular complexity index is 1150. The molecule has 2 heterocycles. The Kier molecular flexibility index (Phi) is 7.31. The van der Waals surface area contributed by atoms with Crippen molar-refractivity contribution in [2.75, 3.05) is 18.0 Å². The predicted molar refractivity (Wildman–Crippen MR) is 147 cm³/mol. The van der Waals surface area contributed by atoms with Crippen molar-refractivity contribution in [3.8, 4) is 11.4 Å². The van der Waals surface area contributed by atoms with E-state index in [4.69, 9.17) is 15.7 Å². The summed E-state index contributed by atoms with van der Waals surface area (Å²) in [6, 6.07) is 12.5. The van der Waals surface area contributed by atoms with Gasteiger partial charge in [-0.2, -0.15) is 0 Å². The molecule has 192 valence electrons. The largest absolute Gasteiger partial charge is 0.368 e. The van der Waals surface area contributed by atoms with Crippen molar-refractivity contribution in [2.24, 2.45) is 17.6 Å². The molecule has 0 atom stereocenters. The number of carbonyl (C=O) groups is 1. The lowest BCUT2D eigenvalue weighted by Gasteiger charge is -2.48. The van der Waals surface area contributed by atoms with Crippen LogP contribution in [0.3, 0.4) is 0 Å². The molecular weight excluding hydrogens is 446 g/mol. The summed E-state index contributed by atoms with van der Waals surface area (Å²) >= 11 is 0. The zero-order valence-corrected chi connectivity index (χ0v) is 22.0. The molecule has 5 rings (SSSR count). The quantitative estimate of drug-likeness (QED) is 0.405. The fourth-order valence-corrected chi connectivity index (χ4v) is 7.14. The van der Waals surface area contributed by atoms with Gasteiger partial charge in [0.1, 0.15) is 17.2 Å². The van der Waals surface area contributed by atoms with E-state index >= 15 is 0 Å². The summed E-state index contributed by atoms with van der Waals surface area (Å²) in [4.78, 5) is 26.1. The number of pyridine rings is 1. The standard InChI is InChI=1S/C30H41N5O/c1-3-34(4-2)27-20-19-22(21-32-27)28-33-25-17-11-12-18-26(25)35(28)30(29(31)36,23-13-7-5-8-14-23)24-15-9-6-10-16-24/h11-12,17-21,23-24H,3-10,13-16H2,1-2H3,(H2,31,36). The van der Waals surface area contributed by atoms with Gasteiger partial charge in [0.15, 0.2) is 0 Å². The van der Waals surface area contributed by atoms with Crippen molar-refractivity contribution in [3.63, 3.8) is 0 Å². The molecule has 1 amide bonds. The topological polar surface area (TPSA) is 77.0 Å². The van der Waals surface area contributed by atoms with E-state index in [-0.39, 0.29) is 17.7 Å². The average Bonchev–Trinajstić information content (AvgIpc) is 3.31. The summed E-state index contributed by atoms with van der Waals surface area (Å²) in [6.07, 6.45) is 13.2. The van der Waals surface area contributed by atoms with E-state index in [2.05, 4.69) is 53.6 Å². The van der Waals surface area contributed by atoms with Crippen LogP contribution in [0.15, 0.2) is 42.6 Å². The molecule has 0 radical (unpaired) electrons. The van der Waals surface area contributed by atoms with Crippen LogP contribution >= 0.6 is 0 Å². The number of primary amides is 1. The van der Waals surface area contributed by atoms with Gasteiger partial charge in [-0.25, -0.2) is 9.97 Å². The molecule has 0 saturated heterocycles. The Morgan fingerprint density at radius 2 is 1.56 bits per heavy atom. The van der Waals surface area contributed by atoms with Gasteiger partial charge >= 0.3 is 0 Å². The first-order valence-corrected chi connectivity index (χ1v) is 14.1.